The number of halogens is 2. The third kappa shape index (κ3) is 3.51. The van der Waals surface area contributed by atoms with Crippen molar-refractivity contribution in [2.45, 2.75) is 31.8 Å². The van der Waals surface area contributed by atoms with E-state index in [0.29, 0.717) is 11.7 Å². The Morgan fingerprint density at radius 3 is 2.56 bits per heavy atom. The van der Waals surface area contributed by atoms with Gasteiger partial charge < -0.3 is 21.0 Å². The van der Waals surface area contributed by atoms with Crippen molar-refractivity contribution in [2.75, 3.05) is 32.1 Å². The van der Waals surface area contributed by atoms with E-state index in [4.69, 9.17) is 0 Å². The molecule has 2 aromatic rings. The number of amidine groups is 1. The van der Waals surface area contributed by atoms with Crippen molar-refractivity contribution in [1.82, 2.24) is 26.1 Å². The van der Waals surface area contributed by atoms with E-state index < -0.39 is 11.6 Å². The van der Waals surface area contributed by atoms with Gasteiger partial charge in [0.05, 0.1) is 34.9 Å². The van der Waals surface area contributed by atoms with Crippen molar-refractivity contribution in [3.63, 3.8) is 0 Å². The molecule has 4 heterocycles. The van der Waals surface area contributed by atoms with E-state index in [1.54, 1.807) is 6.20 Å². The molecule has 3 aliphatic rings. The number of anilines is 1. The van der Waals surface area contributed by atoms with Gasteiger partial charge in [0.2, 0.25) is 0 Å². The summed E-state index contributed by atoms with van der Waals surface area (Å²) in [6.07, 6.45) is 3.80. The van der Waals surface area contributed by atoms with E-state index in [1.165, 1.54) is 18.2 Å². The highest BCUT2D eigenvalue weighted by molar-refractivity contribution is 6.04. The Morgan fingerprint density at radius 1 is 1.16 bits per heavy atom. The predicted molar refractivity (Wildman–Crippen MR) is 122 cm³/mol. The van der Waals surface area contributed by atoms with E-state index in [0.717, 1.165) is 48.7 Å². The van der Waals surface area contributed by atoms with Gasteiger partial charge in [-0.2, -0.15) is 0 Å². The number of aromatic nitrogens is 1. The molecule has 1 atom stereocenters. The summed E-state index contributed by atoms with van der Waals surface area (Å²) in [4.78, 5) is 11.5. The number of pyridine rings is 1. The van der Waals surface area contributed by atoms with Crippen molar-refractivity contribution >= 4 is 23.0 Å². The average Bonchev–Trinajstić information content (AvgIpc) is 2.98. The molecule has 1 unspecified atom stereocenters. The Morgan fingerprint density at radius 2 is 1.88 bits per heavy atom. The zero-order valence-corrected chi connectivity index (χ0v) is 18.4. The molecule has 0 radical (unpaired) electrons. The van der Waals surface area contributed by atoms with Crippen LogP contribution in [0.5, 0.6) is 0 Å². The number of piperidine rings is 1. The quantitative estimate of drug-likeness (QED) is 0.684. The fourth-order valence-corrected chi connectivity index (χ4v) is 4.52. The van der Waals surface area contributed by atoms with E-state index in [9.17, 15) is 8.78 Å². The van der Waals surface area contributed by atoms with Gasteiger partial charge in [0.1, 0.15) is 23.3 Å². The molecule has 3 N–H and O–H groups in total. The van der Waals surface area contributed by atoms with Gasteiger partial charge in [-0.15, -0.1) is 0 Å². The molecule has 0 saturated carbocycles. The van der Waals surface area contributed by atoms with Gasteiger partial charge >= 0.3 is 0 Å². The minimum Gasteiger partial charge on any atom is -0.356 e. The maximum atomic E-state index is 14.6. The van der Waals surface area contributed by atoms with Gasteiger partial charge in [0, 0.05) is 31.7 Å². The molecule has 0 spiro atoms. The highest BCUT2D eigenvalue weighted by Crippen LogP contribution is 2.36. The summed E-state index contributed by atoms with van der Waals surface area (Å²) in [5.74, 6) is -0.304. The molecule has 0 bridgehead atoms. The molecule has 3 aliphatic heterocycles. The first kappa shape index (κ1) is 20.8. The molecular weight excluding hydrogens is 412 g/mol. The maximum Gasteiger partial charge on any atom is 0.144 e. The number of rotatable bonds is 3. The molecular formula is C23H27F2N7. The molecule has 0 aliphatic carbocycles. The molecule has 5 rings (SSSR count). The molecule has 1 aromatic carbocycles. The van der Waals surface area contributed by atoms with Crippen LogP contribution in [-0.4, -0.2) is 55.1 Å². The van der Waals surface area contributed by atoms with Gasteiger partial charge in [-0.1, -0.05) is 6.07 Å². The topological polar surface area (TPSA) is 67.8 Å². The number of hydrazine groups is 1. The molecule has 7 nitrogen and oxygen atoms in total. The lowest BCUT2D eigenvalue weighted by Crippen LogP contribution is -2.41. The number of aliphatic imine (C=N–C) groups is 1. The molecule has 0 amide bonds. The van der Waals surface area contributed by atoms with Crippen molar-refractivity contribution in [3.05, 3.63) is 58.9 Å². The van der Waals surface area contributed by atoms with Crippen LogP contribution in [0.1, 0.15) is 30.9 Å². The molecule has 9 heteroatoms. The Hall–Kier alpha value is -3.04. The highest BCUT2D eigenvalue weighted by Gasteiger charge is 2.33. The maximum absolute atomic E-state index is 14.6. The third-order valence-electron chi connectivity index (χ3n) is 6.61. The van der Waals surface area contributed by atoms with Crippen molar-refractivity contribution < 1.29 is 8.78 Å². The number of likely N-dealkylation sites (N-methyl/N-ethyl adjacent to an activating group) is 1. The second-order valence-electron chi connectivity index (χ2n) is 8.48. The summed E-state index contributed by atoms with van der Waals surface area (Å²) >= 11 is 0. The standard InChI is InChI=1S/C23H27F2N7/c1-13-21-22(30-31(13)3)15-11-19(32-9-7-14(26-2)8-10-32)27-12-18(15)28-23(29-21)20-16(24)5-4-6-17(20)25/h4-6,11-14,26,30H,7-10H2,1-3H3,(H,28,29). The smallest absolute Gasteiger partial charge is 0.144 e. The van der Waals surface area contributed by atoms with Crippen LogP contribution in [0, 0.1) is 11.6 Å². The first-order chi connectivity index (χ1) is 15.5. The zero-order valence-electron chi connectivity index (χ0n) is 18.4. The second-order valence-corrected chi connectivity index (χ2v) is 8.48. The summed E-state index contributed by atoms with van der Waals surface area (Å²) in [5, 5.41) is 8.52. The third-order valence-corrected chi connectivity index (χ3v) is 6.61. The largest absolute Gasteiger partial charge is 0.356 e. The fourth-order valence-electron chi connectivity index (χ4n) is 4.52. The van der Waals surface area contributed by atoms with Gasteiger partial charge in [-0.3, -0.25) is 0 Å². The number of hydrogen-bond donors (Lipinski definition) is 3. The zero-order chi connectivity index (χ0) is 22.4. The Balaban J connectivity index is 1.60. The lowest BCUT2D eigenvalue weighted by Gasteiger charge is -2.33. The summed E-state index contributed by atoms with van der Waals surface area (Å²) in [5.41, 5.74) is 6.29. The number of fused-ring (bicyclic) bond motifs is 2. The molecule has 1 aromatic heterocycles. The van der Waals surface area contributed by atoms with Crippen LogP contribution >= 0.6 is 0 Å². The first-order valence-electron chi connectivity index (χ1n) is 10.9. The lowest BCUT2D eigenvalue weighted by molar-refractivity contribution is 0.263. The number of benzene rings is 1. The number of nitrogens with one attached hydrogen (secondary N) is 3. The first-order valence-corrected chi connectivity index (χ1v) is 10.9. The Labute approximate surface area is 186 Å². The number of nitrogens with zero attached hydrogens (tertiary/aromatic N) is 4. The molecule has 32 heavy (non-hydrogen) atoms. The van der Waals surface area contributed by atoms with E-state index in [2.05, 4.69) is 30.9 Å². The normalized spacial score (nSPS) is 21.5. The van der Waals surface area contributed by atoms with Gasteiger partial charge in [0.15, 0.2) is 0 Å². The highest BCUT2D eigenvalue weighted by atomic mass is 19.1. The Kier molecular flexibility index (Phi) is 5.30. The molecule has 1 saturated heterocycles. The van der Waals surface area contributed by atoms with E-state index >= 15 is 0 Å². The fraction of sp³-hybridized carbons (Fsp3) is 0.391. The van der Waals surface area contributed by atoms with Crippen LogP contribution in [-0.2, 0) is 0 Å². The predicted octanol–water partition coefficient (Wildman–Crippen LogP) is 2.74. The monoisotopic (exact) mass is 439 g/mol. The summed E-state index contributed by atoms with van der Waals surface area (Å²) in [6.45, 7) is 3.85. The SMILES string of the molecule is CNC1CCN(c2cc3c(cn2)N=C(c2c(F)cccc2F)NC2=C3NN(C)C2C)CC1. The second kappa shape index (κ2) is 8.14. The van der Waals surface area contributed by atoms with Crippen LogP contribution < -0.4 is 21.0 Å². The van der Waals surface area contributed by atoms with Gasteiger partial charge in [0.25, 0.3) is 0 Å². The minimum absolute atomic E-state index is 0.0426. The van der Waals surface area contributed by atoms with E-state index in [1.807, 2.05) is 32.1 Å². The number of hydrogen-bond acceptors (Lipinski definition) is 7. The molecule has 168 valence electrons. The minimum atomic E-state index is -0.661. The summed E-state index contributed by atoms with van der Waals surface area (Å²) in [6, 6.07) is 6.33. The lowest BCUT2D eigenvalue weighted by atomic mass is 10.0. The summed E-state index contributed by atoms with van der Waals surface area (Å²) in [7, 11) is 3.94. The van der Waals surface area contributed by atoms with E-state index in [-0.39, 0.29) is 17.4 Å². The van der Waals surface area contributed by atoms with Crippen molar-refractivity contribution in [2.24, 2.45) is 4.99 Å². The van der Waals surface area contributed by atoms with Crippen LogP contribution in [0.15, 0.2) is 41.2 Å². The van der Waals surface area contributed by atoms with Crippen LogP contribution in [0.2, 0.25) is 0 Å². The summed E-state index contributed by atoms with van der Waals surface area (Å²) < 4.78 is 29.2. The van der Waals surface area contributed by atoms with Crippen LogP contribution in [0.25, 0.3) is 5.70 Å². The van der Waals surface area contributed by atoms with Crippen molar-refractivity contribution in [1.29, 1.82) is 0 Å². The van der Waals surface area contributed by atoms with Crippen molar-refractivity contribution in [3.8, 4) is 0 Å². The molecule has 1 fully saturated rings. The van der Waals surface area contributed by atoms with Crippen LogP contribution in [0.3, 0.4) is 0 Å². The van der Waals surface area contributed by atoms with Crippen LogP contribution in [0.4, 0.5) is 20.3 Å². The van der Waals surface area contributed by atoms with Gasteiger partial charge in [-0.05, 0) is 45.0 Å². The Bertz CT molecular complexity index is 1090. The van der Waals surface area contributed by atoms with Gasteiger partial charge in [-0.25, -0.2) is 23.8 Å². The average molecular weight is 440 g/mol.